The van der Waals surface area contributed by atoms with Crippen LogP contribution < -0.4 is 5.32 Å². The molecule has 0 unspecified atom stereocenters. The molecule has 0 radical (unpaired) electrons. The fourth-order valence-electron chi connectivity index (χ4n) is 4.51. The summed E-state index contributed by atoms with van der Waals surface area (Å²) in [5.74, 6) is -0.837. The van der Waals surface area contributed by atoms with E-state index in [1.807, 2.05) is 24.3 Å². The minimum Gasteiger partial charge on any atom is -0.451 e. The molecule has 0 atom stereocenters. The summed E-state index contributed by atoms with van der Waals surface area (Å²) in [6.07, 6.45) is 5.74. The van der Waals surface area contributed by atoms with E-state index in [4.69, 9.17) is 21.1 Å². The fourth-order valence-corrected chi connectivity index (χ4v) is 5.91. The number of hydrogen-bond acceptors (Lipinski definition) is 6. The Kier molecular flexibility index (Phi) is 6.93. The molecule has 1 saturated carbocycles. The topological polar surface area (TPSA) is 67.9 Å². The highest BCUT2D eigenvalue weighted by atomic mass is 35.5. The van der Waals surface area contributed by atoms with Gasteiger partial charge in [-0.2, -0.15) is 0 Å². The molecule has 1 aromatic heterocycles. The van der Waals surface area contributed by atoms with Crippen molar-refractivity contribution in [1.29, 1.82) is 0 Å². The minimum atomic E-state index is -0.558. The summed E-state index contributed by atoms with van der Waals surface area (Å²) in [7, 11) is 0. The number of nitrogens with zero attached hydrogens (tertiary/aromatic N) is 1. The number of fused-ring (bicyclic) bond motifs is 1. The molecule has 1 amide bonds. The first-order chi connectivity index (χ1) is 14.6. The third-order valence-corrected chi connectivity index (χ3v) is 7.79. The second-order valence-corrected chi connectivity index (χ2v) is 9.41. The predicted octanol–water partition coefficient (Wildman–Crippen LogP) is 3.86. The van der Waals surface area contributed by atoms with Gasteiger partial charge in [0.05, 0.1) is 18.2 Å². The molecule has 2 fully saturated rings. The molecule has 2 heterocycles. The molecule has 8 heteroatoms. The third kappa shape index (κ3) is 4.64. The smallest absolute Gasteiger partial charge is 0.350 e. The van der Waals surface area contributed by atoms with E-state index in [2.05, 4.69) is 10.2 Å². The lowest BCUT2D eigenvalue weighted by Gasteiger charge is -2.48. The van der Waals surface area contributed by atoms with Crippen molar-refractivity contribution in [3.8, 4) is 0 Å². The van der Waals surface area contributed by atoms with Crippen molar-refractivity contribution in [2.45, 2.75) is 37.6 Å². The number of ether oxygens (including phenoxy) is 2. The van der Waals surface area contributed by atoms with Crippen LogP contribution in [0.25, 0.3) is 10.1 Å². The van der Waals surface area contributed by atoms with Crippen LogP contribution in [0, 0.1) is 0 Å². The summed E-state index contributed by atoms with van der Waals surface area (Å²) in [6, 6.07) is 7.55. The summed E-state index contributed by atoms with van der Waals surface area (Å²) in [6.45, 7) is 3.55. The summed E-state index contributed by atoms with van der Waals surface area (Å²) >= 11 is 7.61. The van der Waals surface area contributed by atoms with Gasteiger partial charge in [0, 0.05) is 35.3 Å². The number of amides is 1. The lowest BCUT2D eigenvalue weighted by Crippen LogP contribution is -2.59. The van der Waals surface area contributed by atoms with E-state index in [-0.39, 0.29) is 18.1 Å². The summed E-state index contributed by atoms with van der Waals surface area (Å²) in [4.78, 5) is 27.7. The highest BCUT2D eigenvalue weighted by molar-refractivity contribution is 7.21. The number of halogens is 1. The van der Waals surface area contributed by atoms with Gasteiger partial charge >= 0.3 is 5.97 Å². The molecule has 6 nitrogen and oxygen atoms in total. The quantitative estimate of drug-likeness (QED) is 0.677. The van der Waals surface area contributed by atoms with Gasteiger partial charge in [-0.05, 0) is 18.9 Å². The van der Waals surface area contributed by atoms with Gasteiger partial charge < -0.3 is 14.8 Å². The van der Waals surface area contributed by atoms with Crippen LogP contribution in [-0.4, -0.2) is 61.8 Å². The summed E-state index contributed by atoms with van der Waals surface area (Å²) < 4.78 is 11.7. The van der Waals surface area contributed by atoms with Gasteiger partial charge in [0.1, 0.15) is 4.88 Å². The van der Waals surface area contributed by atoms with Gasteiger partial charge in [0.2, 0.25) is 0 Å². The van der Waals surface area contributed by atoms with E-state index in [1.165, 1.54) is 30.6 Å². The van der Waals surface area contributed by atoms with Gasteiger partial charge in [-0.1, -0.05) is 49.1 Å². The van der Waals surface area contributed by atoms with Crippen molar-refractivity contribution >= 4 is 44.9 Å². The number of carbonyl (C=O) groups excluding carboxylic acids is 2. The number of esters is 1. The largest absolute Gasteiger partial charge is 0.451 e. The molecule has 0 spiro atoms. The molecular weight excluding hydrogens is 424 g/mol. The average molecular weight is 451 g/mol. The molecule has 0 bridgehead atoms. The molecule has 1 aromatic carbocycles. The molecule has 1 aliphatic carbocycles. The Morgan fingerprint density at radius 1 is 1.17 bits per heavy atom. The average Bonchev–Trinajstić information content (AvgIpc) is 3.14. The third-order valence-electron chi connectivity index (χ3n) is 6.14. The number of hydrogen-bond donors (Lipinski definition) is 1. The maximum absolute atomic E-state index is 12.5. The lowest BCUT2D eigenvalue weighted by atomic mass is 9.79. The number of thiophene rings is 1. The molecule has 2 aliphatic rings. The summed E-state index contributed by atoms with van der Waals surface area (Å²) in [5.41, 5.74) is -0.0174. The van der Waals surface area contributed by atoms with Crippen LogP contribution >= 0.6 is 22.9 Å². The van der Waals surface area contributed by atoms with Crippen molar-refractivity contribution in [1.82, 2.24) is 10.2 Å². The second-order valence-electron chi connectivity index (χ2n) is 7.98. The number of rotatable bonds is 6. The zero-order valence-corrected chi connectivity index (χ0v) is 18.5. The first kappa shape index (κ1) is 21.6. The molecule has 162 valence electrons. The maximum Gasteiger partial charge on any atom is 0.350 e. The molecule has 1 saturated heterocycles. The normalized spacial score (nSPS) is 19.5. The maximum atomic E-state index is 12.5. The van der Waals surface area contributed by atoms with E-state index in [1.54, 1.807) is 0 Å². The Labute approximate surface area is 185 Å². The summed E-state index contributed by atoms with van der Waals surface area (Å²) in [5, 5.41) is 4.22. The zero-order chi connectivity index (χ0) is 21.0. The van der Waals surface area contributed by atoms with E-state index >= 15 is 0 Å². The number of morpholine rings is 1. The number of nitrogens with one attached hydrogen (secondary N) is 1. The van der Waals surface area contributed by atoms with Gasteiger partial charge in [0.25, 0.3) is 5.91 Å². The van der Waals surface area contributed by atoms with Crippen molar-refractivity contribution in [3.05, 3.63) is 34.2 Å². The predicted molar refractivity (Wildman–Crippen MR) is 118 cm³/mol. The van der Waals surface area contributed by atoms with E-state index in [0.717, 1.165) is 49.2 Å². The van der Waals surface area contributed by atoms with Crippen LogP contribution in [-0.2, 0) is 14.3 Å². The first-order valence-electron chi connectivity index (χ1n) is 10.5. The van der Waals surface area contributed by atoms with Crippen molar-refractivity contribution < 1.29 is 19.1 Å². The minimum absolute atomic E-state index is 0.0174. The fraction of sp³-hybridized carbons (Fsp3) is 0.545. The Balaban J connectivity index is 1.33. The van der Waals surface area contributed by atoms with E-state index in [0.29, 0.717) is 16.4 Å². The standard InChI is InChI=1S/C22H27ClN2O4S/c23-19-16-6-2-3-7-17(16)30-20(19)21(27)29-14-18(26)24-15-22(8-4-1-5-9-22)25-10-12-28-13-11-25/h2-3,6-7H,1,4-5,8-15H2,(H,24,26). The molecular formula is C22H27ClN2O4S. The Bertz CT molecular complexity index is 904. The first-order valence-corrected chi connectivity index (χ1v) is 11.7. The van der Waals surface area contributed by atoms with Crippen LogP contribution in [0.1, 0.15) is 41.8 Å². The van der Waals surface area contributed by atoms with Crippen LogP contribution in [0.4, 0.5) is 0 Å². The Hall–Kier alpha value is -1.67. The Morgan fingerprint density at radius 3 is 2.63 bits per heavy atom. The van der Waals surface area contributed by atoms with Gasteiger partial charge in [0.15, 0.2) is 6.61 Å². The van der Waals surface area contributed by atoms with E-state index < -0.39 is 5.97 Å². The van der Waals surface area contributed by atoms with Crippen LogP contribution in [0.15, 0.2) is 24.3 Å². The van der Waals surface area contributed by atoms with Gasteiger partial charge in [-0.25, -0.2) is 4.79 Å². The molecule has 1 N–H and O–H groups in total. The van der Waals surface area contributed by atoms with Crippen molar-refractivity contribution in [2.75, 3.05) is 39.5 Å². The van der Waals surface area contributed by atoms with Crippen molar-refractivity contribution in [2.24, 2.45) is 0 Å². The second kappa shape index (κ2) is 9.64. The highest BCUT2D eigenvalue weighted by Gasteiger charge is 2.38. The van der Waals surface area contributed by atoms with Crippen LogP contribution in [0.5, 0.6) is 0 Å². The van der Waals surface area contributed by atoms with Gasteiger partial charge in [-0.15, -0.1) is 11.3 Å². The van der Waals surface area contributed by atoms with E-state index in [9.17, 15) is 9.59 Å². The molecule has 30 heavy (non-hydrogen) atoms. The zero-order valence-electron chi connectivity index (χ0n) is 17.0. The van der Waals surface area contributed by atoms with Crippen LogP contribution in [0.3, 0.4) is 0 Å². The Morgan fingerprint density at radius 2 is 1.90 bits per heavy atom. The number of carbonyl (C=O) groups is 2. The van der Waals surface area contributed by atoms with Crippen LogP contribution in [0.2, 0.25) is 5.02 Å². The molecule has 4 rings (SSSR count). The molecule has 1 aliphatic heterocycles. The lowest BCUT2D eigenvalue weighted by molar-refractivity contribution is -0.125. The highest BCUT2D eigenvalue weighted by Crippen LogP contribution is 2.36. The SMILES string of the molecule is O=C(COC(=O)c1sc2ccccc2c1Cl)NCC1(N2CCOCC2)CCCCC1. The number of benzene rings is 1. The monoisotopic (exact) mass is 450 g/mol. The molecule has 2 aromatic rings. The van der Waals surface area contributed by atoms with Gasteiger partial charge in [-0.3, -0.25) is 9.69 Å². The van der Waals surface area contributed by atoms with Crippen molar-refractivity contribution in [3.63, 3.8) is 0 Å².